The summed E-state index contributed by atoms with van der Waals surface area (Å²) in [6.45, 7) is 0. The van der Waals surface area contributed by atoms with E-state index < -0.39 is 17.8 Å². The molecule has 5 nitrogen and oxygen atoms in total. The van der Waals surface area contributed by atoms with E-state index in [0.717, 1.165) is 22.7 Å². The van der Waals surface area contributed by atoms with Crippen LogP contribution in [0.2, 0.25) is 0 Å². The van der Waals surface area contributed by atoms with Gasteiger partial charge in [0.05, 0.1) is 5.56 Å². The largest absolute Gasteiger partial charge is 0.416 e. The highest BCUT2D eigenvalue weighted by Crippen LogP contribution is 2.44. The first kappa shape index (κ1) is 18.1. The number of benzene rings is 1. The fourth-order valence-corrected chi connectivity index (χ4v) is 4.87. The number of aromatic nitrogens is 3. The Hall–Kier alpha value is -2.94. The fourth-order valence-electron chi connectivity index (χ4n) is 4.04. The molecule has 0 bridgehead atoms. The van der Waals surface area contributed by atoms with Crippen molar-refractivity contribution in [2.45, 2.75) is 31.0 Å². The predicted molar refractivity (Wildman–Crippen MR) is 102 cm³/mol. The number of Topliss-reactive ketones (excluding diaryl/α,β-unsaturated/α-hetero) is 1. The summed E-state index contributed by atoms with van der Waals surface area (Å²) in [6, 6.07) is 8.28. The normalized spacial score (nSPS) is 21.6. The van der Waals surface area contributed by atoms with Crippen molar-refractivity contribution in [1.82, 2.24) is 14.8 Å². The summed E-state index contributed by atoms with van der Waals surface area (Å²) < 4.78 is 40.4. The Morgan fingerprint density at radius 2 is 1.93 bits per heavy atom. The summed E-state index contributed by atoms with van der Waals surface area (Å²) in [5, 5.41) is 9.41. The molecule has 2 aromatic heterocycles. The molecule has 0 spiro atoms. The monoisotopic (exact) mass is 416 g/mol. The fraction of sp³-hybridized carbons (Fsp3) is 0.250. The number of rotatable bonds is 2. The average molecular weight is 416 g/mol. The van der Waals surface area contributed by atoms with Crippen molar-refractivity contribution in [1.29, 1.82) is 0 Å². The number of anilines is 1. The minimum Gasteiger partial charge on any atom is -0.328 e. The van der Waals surface area contributed by atoms with Crippen LogP contribution in [-0.4, -0.2) is 20.5 Å². The van der Waals surface area contributed by atoms with E-state index in [1.165, 1.54) is 18.5 Å². The number of fused-ring (bicyclic) bond motifs is 1. The lowest BCUT2D eigenvalue weighted by Gasteiger charge is -2.34. The summed E-state index contributed by atoms with van der Waals surface area (Å²) in [7, 11) is 0. The third-order valence-electron chi connectivity index (χ3n) is 5.36. The zero-order valence-electron chi connectivity index (χ0n) is 15.0. The molecule has 0 saturated carbocycles. The Morgan fingerprint density at radius 3 is 2.62 bits per heavy atom. The molecule has 3 heterocycles. The maximum absolute atomic E-state index is 13.1. The molecule has 1 aliphatic heterocycles. The van der Waals surface area contributed by atoms with E-state index in [2.05, 4.69) is 15.4 Å². The van der Waals surface area contributed by atoms with Gasteiger partial charge in [-0.15, -0.1) is 11.3 Å². The lowest BCUT2D eigenvalue weighted by atomic mass is 9.80. The van der Waals surface area contributed by atoms with Crippen LogP contribution in [-0.2, 0) is 11.0 Å². The molecular formula is C20H15F3N4OS. The number of carbonyl (C=O) groups excluding carboxylic acids is 1. The highest BCUT2D eigenvalue weighted by atomic mass is 32.1. The van der Waals surface area contributed by atoms with E-state index in [-0.39, 0.29) is 11.7 Å². The van der Waals surface area contributed by atoms with Crippen LogP contribution in [0.15, 0.2) is 59.4 Å². The van der Waals surface area contributed by atoms with Crippen LogP contribution in [0.4, 0.5) is 19.1 Å². The summed E-state index contributed by atoms with van der Waals surface area (Å²) >= 11 is 1.62. The molecular weight excluding hydrogens is 401 g/mol. The second kappa shape index (κ2) is 6.55. The van der Waals surface area contributed by atoms with Crippen LogP contribution in [0, 0.1) is 0 Å². The Balaban J connectivity index is 1.58. The molecule has 5 rings (SSSR count). The van der Waals surface area contributed by atoms with Crippen molar-refractivity contribution in [3.63, 3.8) is 0 Å². The molecule has 0 amide bonds. The highest BCUT2D eigenvalue weighted by molar-refractivity contribution is 7.10. The van der Waals surface area contributed by atoms with Crippen LogP contribution in [0.3, 0.4) is 0 Å². The van der Waals surface area contributed by atoms with E-state index >= 15 is 0 Å². The van der Waals surface area contributed by atoms with Crippen molar-refractivity contribution in [3.05, 3.63) is 75.4 Å². The van der Waals surface area contributed by atoms with Gasteiger partial charge in [0.1, 0.15) is 12.4 Å². The quantitative estimate of drug-likeness (QED) is 0.654. The van der Waals surface area contributed by atoms with Crippen LogP contribution in [0.5, 0.6) is 0 Å². The van der Waals surface area contributed by atoms with Gasteiger partial charge in [0.25, 0.3) is 0 Å². The smallest absolute Gasteiger partial charge is 0.328 e. The molecule has 0 radical (unpaired) electrons. The van der Waals surface area contributed by atoms with Crippen LogP contribution >= 0.6 is 11.3 Å². The van der Waals surface area contributed by atoms with Gasteiger partial charge in [0, 0.05) is 28.5 Å². The van der Waals surface area contributed by atoms with Gasteiger partial charge in [0.15, 0.2) is 5.78 Å². The van der Waals surface area contributed by atoms with E-state index in [1.807, 2.05) is 17.5 Å². The topological polar surface area (TPSA) is 59.8 Å². The molecule has 9 heteroatoms. The summed E-state index contributed by atoms with van der Waals surface area (Å²) in [6.07, 6.45) is -2.03. The van der Waals surface area contributed by atoms with Gasteiger partial charge < -0.3 is 5.32 Å². The standard InChI is InChI=1S/C20H15F3N4OS/c21-20(22,23)13-5-3-11(4-6-13)18-17-14(26-19-24-10-25-27(18)19)8-12(9-15(17)28)16-2-1-7-29-16/h1-7,10,12,18H,8-9H2,(H,24,25,26)/t12-,18+/m0/s1. The average Bonchev–Trinajstić information content (AvgIpc) is 3.37. The van der Waals surface area contributed by atoms with Gasteiger partial charge in [-0.25, -0.2) is 4.68 Å². The number of nitrogens with zero attached hydrogens (tertiary/aromatic N) is 3. The first-order valence-corrected chi connectivity index (χ1v) is 9.93. The predicted octanol–water partition coefficient (Wildman–Crippen LogP) is 4.77. The molecule has 0 saturated heterocycles. The summed E-state index contributed by atoms with van der Waals surface area (Å²) in [5.74, 6) is 0.535. The van der Waals surface area contributed by atoms with Crippen LogP contribution in [0.25, 0.3) is 0 Å². The van der Waals surface area contributed by atoms with E-state index in [9.17, 15) is 18.0 Å². The van der Waals surface area contributed by atoms with Crippen molar-refractivity contribution in [3.8, 4) is 0 Å². The second-order valence-electron chi connectivity index (χ2n) is 7.11. The first-order valence-electron chi connectivity index (χ1n) is 9.05. The zero-order valence-corrected chi connectivity index (χ0v) is 15.8. The maximum Gasteiger partial charge on any atom is 0.416 e. The lowest BCUT2D eigenvalue weighted by Crippen LogP contribution is -2.33. The molecule has 2 atom stereocenters. The Kier molecular flexibility index (Phi) is 4.09. The van der Waals surface area contributed by atoms with Crippen molar-refractivity contribution in [2.24, 2.45) is 0 Å². The molecule has 1 aliphatic carbocycles. The molecule has 0 fully saturated rings. The third-order valence-corrected chi connectivity index (χ3v) is 6.40. The summed E-state index contributed by atoms with van der Waals surface area (Å²) in [5.41, 5.74) is 1.17. The van der Waals surface area contributed by atoms with Gasteiger partial charge in [-0.2, -0.15) is 23.3 Å². The molecule has 1 aromatic carbocycles. The van der Waals surface area contributed by atoms with Gasteiger partial charge in [-0.1, -0.05) is 18.2 Å². The molecule has 148 valence electrons. The Bertz CT molecular complexity index is 1100. The van der Waals surface area contributed by atoms with E-state index in [1.54, 1.807) is 16.0 Å². The van der Waals surface area contributed by atoms with E-state index in [0.29, 0.717) is 29.9 Å². The van der Waals surface area contributed by atoms with E-state index in [4.69, 9.17) is 0 Å². The van der Waals surface area contributed by atoms with Crippen molar-refractivity contribution < 1.29 is 18.0 Å². The highest BCUT2D eigenvalue weighted by Gasteiger charge is 2.40. The number of carbonyl (C=O) groups is 1. The molecule has 0 unspecified atom stereocenters. The van der Waals surface area contributed by atoms with Gasteiger partial charge >= 0.3 is 6.18 Å². The van der Waals surface area contributed by atoms with Crippen molar-refractivity contribution in [2.75, 3.05) is 5.32 Å². The molecule has 3 aromatic rings. The SMILES string of the molecule is O=C1C[C@@H](c2cccs2)CC2=C1[C@@H](c1ccc(C(F)(F)F)cc1)n1ncnc1N2. The minimum atomic E-state index is -4.41. The lowest BCUT2D eigenvalue weighted by molar-refractivity contribution is -0.137. The number of hydrogen-bond donors (Lipinski definition) is 1. The molecule has 29 heavy (non-hydrogen) atoms. The zero-order chi connectivity index (χ0) is 20.2. The van der Waals surface area contributed by atoms with Crippen LogP contribution in [0.1, 0.15) is 40.8 Å². The number of nitrogens with one attached hydrogen (secondary N) is 1. The number of ketones is 1. The minimum absolute atomic E-state index is 0.0248. The Morgan fingerprint density at radius 1 is 1.14 bits per heavy atom. The molecule has 1 N–H and O–H groups in total. The van der Waals surface area contributed by atoms with Gasteiger partial charge in [0.2, 0.25) is 5.95 Å². The number of allylic oxidation sites excluding steroid dienone is 2. The number of thiophene rings is 1. The number of hydrogen-bond acceptors (Lipinski definition) is 5. The third kappa shape index (κ3) is 3.05. The Labute approximate surface area is 167 Å². The maximum atomic E-state index is 13.1. The van der Waals surface area contributed by atoms with Gasteiger partial charge in [-0.3, -0.25) is 4.79 Å². The molecule has 2 aliphatic rings. The first-order chi connectivity index (χ1) is 13.9. The van der Waals surface area contributed by atoms with Crippen LogP contribution < -0.4 is 5.32 Å². The van der Waals surface area contributed by atoms with Crippen molar-refractivity contribution >= 4 is 23.1 Å². The summed E-state index contributed by atoms with van der Waals surface area (Å²) in [4.78, 5) is 18.5. The van der Waals surface area contributed by atoms with Gasteiger partial charge in [-0.05, 0) is 35.6 Å². The second-order valence-corrected chi connectivity index (χ2v) is 8.09. The number of halogens is 3. The number of alkyl halides is 3.